The van der Waals surface area contributed by atoms with Crippen molar-refractivity contribution in [1.82, 2.24) is 5.73 Å². The van der Waals surface area contributed by atoms with Crippen LogP contribution in [0.25, 0.3) is 0 Å². The van der Waals surface area contributed by atoms with Crippen LogP contribution in [-0.4, -0.2) is 5.54 Å². The first-order chi connectivity index (χ1) is 9.27. The van der Waals surface area contributed by atoms with Crippen molar-refractivity contribution in [3.05, 3.63) is 0 Å². The van der Waals surface area contributed by atoms with E-state index >= 15 is 0 Å². The lowest BCUT2D eigenvalue weighted by Crippen LogP contribution is -2.25. The zero-order chi connectivity index (χ0) is 13.8. The molecule has 1 aliphatic rings. The van der Waals surface area contributed by atoms with Gasteiger partial charge in [-0.2, -0.15) is 0 Å². The first-order valence-electron chi connectivity index (χ1n) is 9.02. The average molecular weight is 266 g/mol. The number of rotatable bonds is 12. The molecule has 0 amide bonds. The van der Waals surface area contributed by atoms with Crippen molar-refractivity contribution in [1.29, 1.82) is 0 Å². The molecule has 1 fully saturated rings. The maximum atomic E-state index is 8.31. The molecule has 1 nitrogen and oxygen atoms in total. The SMILES string of the molecule is CCCCCCCCCCCCCC1([NH])CCCC1. The molecule has 0 atom stereocenters. The highest BCUT2D eigenvalue weighted by molar-refractivity contribution is 4.88. The van der Waals surface area contributed by atoms with E-state index in [0.29, 0.717) is 0 Å². The Morgan fingerprint density at radius 2 is 1.11 bits per heavy atom. The Labute approximate surface area is 121 Å². The van der Waals surface area contributed by atoms with Gasteiger partial charge in [0.2, 0.25) is 0 Å². The van der Waals surface area contributed by atoms with Crippen LogP contribution in [-0.2, 0) is 0 Å². The summed E-state index contributed by atoms with van der Waals surface area (Å²) in [7, 11) is 0. The molecule has 0 saturated heterocycles. The second-order valence-corrected chi connectivity index (χ2v) is 6.77. The molecule has 0 unspecified atom stereocenters. The van der Waals surface area contributed by atoms with Crippen LogP contribution in [0.3, 0.4) is 0 Å². The van der Waals surface area contributed by atoms with Gasteiger partial charge < -0.3 is 0 Å². The van der Waals surface area contributed by atoms with Gasteiger partial charge in [-0.1, -0.05) is 90.4 Å². The van der Waals surface area contributed by atoms with Crippen LogP contribution in [0.15, 0.2) is 0 Å². The number of hydrogen-bond acceptors (Lipinski definition) is 0. The zero-order valence-electron chi connectivity index (χ0n) is 13.3. The molecule has 0 aromatic rings. The van der Waals surface area contributed by atoms with Gasteiger partial charge in [-0.15, -0.1) is 0 Å². The molecule has 113 valence electrons. The van der Waals surface area contributed by atoms with Crippen molar-refractivity contribution in [2.75, 3.05) is 0 Å². The van der Waals surface area contributed by atoms with Gasteiger partial charge in [-0.3, -0.25) is 5.73 Å². The summed E-state index contributed by atoms with van der Waals surface area (Å²) in [6.07, 6.45) is 21.7. The summed E-state index contributed by atoms with van der Waals surface area (Å²) in [5.74, 6) is 0. The van der Waals surface area contributed by atoms with Crippen LogP contribution in [0, 0.1) is 0 Å². The normalized spacial score (nSPS) is 18.0. The summed E-state index contributed by atoms with van der Waals surface area (Å²) in [5, 5.41) is 0. The minimum atomic E-state index is -0.0146. The van der Waals surface area contributed by atoms with Crippen molar-refractivity contribution >= 4 is 0 Å². The number of unbranched alkanes of at least 4 members (excludes halogenated alkanes) is 10. The third-order valence-electron chi connectivity index (χ3n) is 4.82. The molecular weight excluding hydrogens is 230 g/mol. The smallest absolute Gasteiger partial charge is 0.0324 e. The van der Waals surface area contributed by atoms with E-state index in [1.54, 1.807) is 0 Å². The van der Waals surface area contributed by atoms with Crippen LogP contribution < -0.4 is 5.73 Å². The highest BCUT2D eigenvalue weighted by atomic mass is 14.7. The summed E-state index contributed by atoms with van der Waals surface area (Å²) in [6, 6.07) is 0. The van der Waals surface area contributed by atoms with Gasteiger partial charge >= 0.3 is 0 Å². The van der Waals surface area contributed by atoms with Crippen LogP contribution in [0.4, 0.5) is 0 Å². The number of hydrogen-bond donors (Lipinski definition) is 0. The van der Waals surface area contributed by atoms with E-state index < -0.39 is 0 Å². The van der Waals surface area contributed by atoms with Gasteiger partial charge in [0.25, 0.3) is 0 Å². The Kier molecular flexibility index (Phi) is 9.59. The molecule has 1 N–H and O–H groups in total. The summed E-state index contributed by atoms with van der Waals surface area (Å²) in [4.78, 5) is 0. The second-order valence-electron chi connectivity index (χ2n) is 6.77. The lowest BCUT2D eigenvalue weighted by atomic mass is 9.91. The lowest BCUT2D eigenvalue weighted by molar-refractivity contribution is 0.370. The monoisotopic (exact) mass is 266 g/mol. The van der Waals surface area contributed by atoms with E-state index in [0.717, 1.165) is 0 Å². The molecule has 1 heteroatoms. The topological polar surface area (TPSA) is 23.8 Å². The highest BCUT2D eigenvalue weighted by Gasteiger charge is 2.29. The zero-order valence-corrected chi connectivity index (χ0v) is 13.3. The third kappa shape index (κ3) is 8.68. The van der Waals surface area contributed by atoms with Crippen LogP contribution >= 0.6 is 0 Å². The van der Waals surface area contributed by atoms with Crippen LogP contribution in [0.1, 0.15) is 110 Å². The highest BCUT2D eigenvalue weighted by Crippen LogP contribution is 2.33. The summed E-state index contributed by atoms with van der Waals surface area (Å²) in [5.41, 5.74) is 8.29. The molecule has 19 heavy (non-hydrogen) atoms. The quantitative estimate of drug-likeness (QED) is 0.371. The minimum absolute atomic E-state index is 0.0146. The number of nitrogens with one attached hydrogen (secondary N) is 1. The maximum absolute atomic E-state index is 8.31. The van der Waals surface area contributed by atoms with E-state index in [2.05, 4.69) is 6.92 Å². The van der Waals surface area contributed by atoms with Gasteiger partial charge in [0.1, 0.15) is 0 Å². The minimum Gasteiger partial charge on any atom is -0.251 e. The third-order valence-corrected chi connectivity index (χ3v) is 4.82. The molecule has 1 radical (unpaired) electrons. The molecular formula is C18H36N. The maximum Gasteiger partial charge on any atom is 0.0324 e. The van der Waals surface area contributed by atoms with Crippen LogP contribution in [0.2, 0.25) is 0 Å². The van der Waals surface area contributed by atoms with Crippen LogP contribution in [0.5, 0.6) is 0 Å². The molecule has 0 heterocycles. The first-order valence-corrected chi connectivity index (χ1v) is 9.02. The fourth-order valence-corrected chi connectivity index (χ4v) is 3.43. The van der Waals surface area contributed by atoms with Crippen molar-refractivity contribution in [2.24, 2.45) is 0 Å². The van der Waals surface area contributed by atoms with E-state index in [4.69, 9.17) is 5.73 Å². The molecule has 0 aromatic heterocycles. The second kappa shape index (κ2) is 10.7. The Bertz CT molecular complexity index is 194. The summed E-state index contributed by atoms with van der Waals surface area (Å²) in [6.45, 7) is 2.28. The predicted octanol–water partition coefficient (Wildman–Crippen LogP) is 6.28. The summed E-state index contributed by atoms with van der Waals surface area (Å²) < 4.78 is 0. The fraction of sp³-hybridized carbons (Fsp3) is 1.00. The largest absolute Gasteiger partial charge is 0.251 e. The molecule has 0 spiro atoms. The molecule has 0 bridgehead atoms. The molecule has 0 aliphatic heterocycles. The Hall–Kier alpha value is -0.0400. The predicted molar refractivity (Wildman–Crippen MR) is 85.4 cm³/mol. The summed E-state index contributed by atoms with van der Waals surface area (Å²) >= 11 is 0. The van der Waals surface area contributed by atoms with Crippen molar-refractivity contribution in [3.63, 3.8) is 0 Å². The molecule has 0 aromatic carbocycles. The van der Waals surface area contributed by atoms with Crippen molar-refractivity contribution < 1.29 is 0 Å². The van der Waals surface area contributed by atoms with Gasteiger partial charge in [0.15, 0.2) is 0 Å². The van der Waals surface area contributed by atoms with Crippen molar-refractivity contribution in [3.8, 4) is 0 Å². The molecule has 1 saturated carbocycles. The van der Waals surface area contributed by atoms with E-state index in [9.17, 15) is 0 Å². The molecule has 1 rings (SSSR count). The molecule has 1 aliphatic carbocycles. The first kappa shape index (κ1) is 17.0. The van der Waals surface area contributed by atoms with Gasteiger partial charge in [0.05, 0.1) is 0 Å². The Balaban J connectivity index is 1.76. The van der Waals surface area contributed by atoms with Gasteiger partial charge in [-0.05, 0) is 19.3 Å². The standard InChI is InChI=1S/C18H36N/c1-2-3-4-5-6-7-8-9-10-11-12-15-18(19)16-13-14-17-18/h19H,2-17H2,1H3. The van der Waals surface area contributed by atoms with E-state index in [1.165, 1.54) is 103 Å². The average Bonchev–Trinajstić information content (AvgIpc) is 2.83. The Morgan fingerprint density at radius 3 is 1.58 bits per heavy atom. The van der Waals surface area contributed by atoms with Gasteiger partial charge in [0, 0.05) is 5.54 Å². The fourth-order valence-electron chi connectivity index (χ4n) is 3.43. The Morgan fingerprint density at radius 1 is 0.684 bits per heavy atom. The van der Waals surface area contributed by atoms with E-state index in [1.807, 2.05) is 0 Å². The van der Waals surface area contributed by atoms with Gasteiger partial charge in [-0.25, -0.2) is 0 Å². The van der Waals surface area contributed by atoms with E-state index in [-0.39, 0.29) is 5.54 Å². The lowest BCUT2D eigenvalue weighted by Gasteiger charge is -2.21. The van der Waals surface area contributed by atoms with Crippen molar-refractivity contribution in [2.45, 2.75) is 115 Å².